The first-order chi connectivity index (χ1) is 10.3. The monoisotopic (exact) mass is 324 g/mol. The Bertz CT molecular complexity index is 716. The van der Waals surface area contributed by atoms with E-state index in [1.807, 2.05) is 0 Å². The van der Waals surface area contributed by atoms with Crippen molar-refractivity contribution in [2.45, 2.75) is 32.6 Å². The average Bonchev–Trinajstić information content (AvgIpc) is 2.77. The molecule has 0 amide bonds. The molecule has 2 rings (SSSR count). The average molecular weight is 324 g/mol. The summed E-state index contributed by atoms with van der Waals surface area (Å²) < 4.78 is 32.1. The van der Waals surface area contributed by atoms with Gasteiger partial charge in [-0.05, 0) is 31.9 Å². The summed E-state index contributed by atoms with van der Waals surface area (Å²) in [4.78, 5) is 4.25. The predicted octanol–water partition coefficient (Wildman–Crippen LogP) is 2.56. The summed E-state index contributed by atoms with van der Waals surface area (Å²) in [5.41, 5.74) is 0.711. The highest BCUT2D eigenvalue weighted by atomic mass is 32.2. The number of pyridine rings is 1. The molecule has 0 unspecified atom stereocenters. The zero-order valence-electron chi connectivity index (χ0n) is 13.0. The first-order valence-corrected chi connectivity index (χ1v) is 8.43. The van der Waals surface area contributed by atoms with Crippen LogP contribution in [0.4, 0.5) is 11.5 Å². The third kappa shape index (κ3) is 3.76. The molecule has 0 atom stereocenters. The molecule has 2 aromatic heterocycles. The lowest BCUT2D eigenvalue weighted by molar-refractivity contribution is 0.390. The van der Waals surface area contributed by atoms with Crippen LogP contribution in [0, 0.1) is 19.8 Å². The summed E-state index contributed by atoms with van der Waals surface area (Å²) in [6, 6.07) is 3.39. The van der Waals surface area contributed by atoms with Crippen molar-refractivity contribution < 1.29 is 12.9 Å². The van der Waals surface area contributed by atoms with Gasteiger partial charge in [0, 0.05) is 6.54 Å². The van der Waals surface area contributed by atoms with Gasteiger partial charge in [0.05, 0.1) is 11.9 Å². The van der Waals surface area contributed by atoms with Gasteiger partial charge in [-0.1, -0.05) is 19.0 Å². The van der Waals surface area contributed by atoms with Gasteiger partial charge in [0.25, 0.3) is 10.0 Å². The molecule has 0 radical (unpaired) electrons. The van der Waals surface area contributed by atoms with E-state index in [-0.39, 0.29) is 10.7 Å². The van der Waals surface area contributed by atoms with E-state index < -0.39 is 10.0 Å². The SMILES string of the molecule is Cc1noc(C)c1S(=O)(=O)Nc1ccc(NCC(C)C)nc1. The Hall–Kier alpha value is -2.09. The number of nitrogens with one attached hydrogen (secondary N) is 2. The van der Waals surface area contributed by atoms with E-state index in [0.29, 0.717) is 23.1 Å². The molecular weight excluding hydrogens is 304 g/mol. The number of anilines is 2. The van der Waals surface area contributed by atoms with Crippen LogP contribution in [0.5, 0.6) is 0 Å². The summed E-state index contributed by atoms with van der Waals surface area (Å²) in [5.74, 6) is 1.46. The van der Waals surface area contributed by atoms with Gasteiger partial charge >= 0.3 is 0 Å². The van der Waals surface area contributed by atoms with Crippen molar-refractivity contribution in [3.05, 3.63) is 29.8 Å². The molecule has 0 fully saturated rings. The fraction of sp³-hybridized carbons (Fsp3) is 0.429. The van der Waals surface area contributed by atoms with E-state index >= 15 is 0 Å². The van der Waals surface area contributed by atoms with Gasteiger partial charge in [0.1, 0.15) is 11.5 Å². The normalized spacial score (nSPS) is 11.7. The fourth-order valence-corrected chi connectivity index (χ4v) is 3.31. The van der Waals surface area contributed by atoms with Crippen LogP contribution in [0.15, 0.2) is 27.7 Å². The Morgan fingerprint density at radius 2 is 2.00 bits per heavy atom. The zero-order valence-corrected chi connectivity index (χ0v) is 13.9. The Morgan fingerprint density at radius 3 is 2.50 bits per heavy atom. The molecule has 2 N–H and O–H groups in total. The van der Waals surface area contributed by atoms with Crippen LogP contribution in [0.2, 0.25) is 0 Å². The van der Waals surface area contributed by atoms with E-state index in [9.17, 15) is 8.42 Å². The first-order valence-electron chi connectivity index (χ1n) is 6.95. The Kier molecular flexibility index (Phi) is 4.70. The van der Waals surface area contributed by atoms with Gasteiger partial charge in [-0.2, -0.15) is 0 Å². The number of aromatic nitrogens is 2. The Labute approximate surface area is 130 Å². The van der Waals surface area contributed by atoms with E-state index in [1.165, 1.54) is 6.20 Å². The summed E-state index contributed by atoms with van der Waals surface area (Å²) >= 11 is 0. The molecule has 120 valence electrons. The maximum atomic E-state index is 12.3. The number of nitrogens with zero attached hydrogens (tertiary/aromatic N) is 2. The lowest BCUT2D eigenvalue weighted by Gasteiger charge is -2.10. The van der Waals surface area contributed by atoms with Crippen LogP contribution in [0.25, 0.3) is 0 Å². The van der Waals surface area contributed by atoms with Crippen molar-refractivity contribution in [2.24, 2.45) is 5.92 Å². The number of rotatable bonds is 6. The maximum Gasteiger partial charge on any atom is 0.267 e. The highest BCUT2D eigenvalue weighted by Gasteiger charge is 2.24. The van der Waals surface area contributed by atoms with E-state index in [1.54, 1.807) is 26.0 Å². The van der Waals surface area contributed by atoms with E-state index in [2.05, 4.69) is 34.0 Å². The molecular formula is C14H20N4O3S. The third-order valence-corrected chi connectivity index (χ3v) is 4.57. The molecule has 7 nitrogen and oxygen atoms in total. The first kappa shape index (κ1) is 16.3. The summed E-state index contributed by atoms with van der Waals surface area (Å²) in [7, 11) is -3.74. The molecule has 0 aromatic carbocycles. The van der Waals surface area contributed by atoms with Crippen molar-refractivity contribution in [2.75, 3.05) is 16.6 Å². The number of sulfonamides is 1. The second-order valence-corrected chi connectivity index (χ2v) is 7.08. The minimum Gasteiger partial charge on any atom is -0.370 e. The largest absolute Gasteiger partial charge is 0.370 e. The molecule has 0 spiro atoms. The van der Waals surface area contributed by atoms with Crippen LogP contribution < -0.4 is 10.0 Å². The van der Waals surface area contributed by atoms with Crippen molar-refractivity contribution >= 4 is 21.5 Å². The lowest BCUT2D eigenvalue weighted by Crippen LogP contribution is -2.15. The fourth-order valence-electron chi connectivity index (χ4n) is 1.93. The van der Waals surface area contributed by atoms with Gasteiger partial charge in [0.15, 0.2) is 10.7 Å². The van der Waals surface area contributed by atoms with Crippen LogP contribution in [-0.4, -0.2) is 25.1 Å². The molecule has 0 aliphatic heterocycles. The molecule has 0 bridgehead atoms. The number of hydrogen-bond acceptors (Lipinski definition) is 6. The molecule has 22 heavy (non-hydrogen) atoms. The van der Waals surface area contributed by atoms with Crippen LogP contribution >= 0.6 is 0 Å². The molecule has 0 aliphatic carbocycles. The Balaban J connectivity index is 2.13. The van der Waals surface area contributed by atoms with Crippen LogP contribution in [0.1, 0.15) is 25.3 Å². The maximum absolute atomic E-state index is 12.3. The van der Waals surface area contributed by atoms with E-state index in [0.717, 1.165) is 6.54 Å². The van der Waals surface area contributed by atoms with Crippen molar-refractivity contribution in [1.29, 1.82) is 0 Å². The van der Waals surface area contributed by atoms with Crippen molar-refractivity contribution in [3.8, 4) is 0 Å². The Morgan fingerprint density at radius 1 is 1.27 bits per heavy atom. The quantitative estimate of drug-likeness (QED) is 0.847. The molecule has 0 saturated heterocycles. The standard InChI is InChI=1S/C14H20N4O3S/c1-9(2)7-15-13-6-5-12(8-16-13)18-22(19,20)14-10(3)17-21-11(14)4/h5-6,8-9,18H,7H2,1-4H3,(H,15,16). The molecule has 2 aromatic rings. The topological polar surface area (TPSA) is 97.1 Å². The van der Waals surface area contributed by atoms with Crippen molar-refractivity contribution in [3.63, 3.8) is 0 Å². The minimum atomic E-state index is -3.74. The van der Waals surface area contributed by atoms with Gasteiger partial charge in [-0.3, -0.25) is 4.72 Å². The van der Waals surface area contributed by atoms with E-state index in [4.69, 9.17) is 4.52 Å². The molecule has 2 heterocycles. The lowest BCUT2D eigenvalue weighted by atomic mass is 10.2. The van der Waals surface area contributed by atoms with Gasteiger partial charge in [-0.15, -0.1) is 0 Å². The van der Waals surface area contributed by atoms with Gasteiger partial charge in [-0.25, -0.2) is 13.4 Å². The third-order valence-electron chi connectivity index (χ3n) is 2.94. The van der Waals surface area contributed by atoms with Crippen LogP contribution in [-0.2, 0) is 10.0 Å². The number of hydrogen-bond donors (Lipinski definition) is 2. The van der Waals surface area contributed by atoms with Gasteiger partial charge in [0.2, 0.25) is 0 Å². The smallest absolute Gasteiger partial charge is 0.267 e. The minimum absolute atomic E-state index is 0.0644. The highest BCUT2D eigenvalue weighted by molar-refractivity contribution is 7.92. The highest BCUT2D eigenvalue weighted by Crippen LogP contribution is 2.22. The van der Waals surface area contributed by atoms with Gasteiger partial charge < -0.3 is 9.84 Å². The summed E-state index contributed by atoms with van der Waals surface area (Å²) in [6.07, 6.45) is 1.47. The summed E-state index contributed by atoms with van der Waals surface area (Å²) in [6.45, 7) is 8.14. The second kappa shape index (κ2) is 6.35. The second-order valence-electron chi connectivity index (χ2n) is 5.47. The predicted molar refractivity (Wildman–Crippen MR) is 84.4 cm³/mol. The number of aryl methyl sites for hydroxylation is 2. The molecule has 0 saturated carbocycles. The van der Waals surface area contributed by atoms with Crippen LogP contribution in [0.3, 0.4) is 0 Å². The van der Waals surface area contributed by atoms with Crippen molar-refractivity contribution in [1.82, 2.24) is 10.1 Å². The zero-order chi connectivity index (χ0) is 16.3. The molecule has 0 aliphatic rings. The summed E-state index contributed by atoms with van der Waals surface area (Å²) in [5, 5.41) is 6.83. The molecule has 8 heteroatoms.